The summed E-state index contributed by atoms with van der Waals surface area (Å²) < 4.78 is 49.5. The quantitative estimate of drug-likeness (QED) is 0.829. The lowest BCUT2D eigenvalue weighted by atomic mass is 10.1. The van der Waals surface area contributed by atoms with Gasteiger partial charge in [0.05, 0.1) is 23.7 Å². The number of anilines is 1. The van der Waals surface area contributed by atoms with E-state index in [4.69, 9.17) is 5.26 Å². The lowest BCUT2D eigenvalue weighted by Crippen LogP contribution is -2.24. The topological polar surface area (TPSA) is 35.8 Å². The van der Waals surface area contributed by atoms with Gasteiger partial charge in [-0.2, -0.15) is 18.4 Å². The Kier molecular flexibility index (Phi) is 3.94. The standard InChI is InChI=1S/C11H10F4N2/c1-7(5-11(13,14)15)17-10-3-2-8(6-16)4-9(10)12/h2-4,7,17H,5H2,1H3. The minimum absolute atomic E-state index is 0.0410. The summed E-state index contributed by atoms with van der Waals surface area (Å²) in [6.45, 7) is 1.31. The van der Waals surface area contributed by atoms with Gasteiger partial charge in [-0.15, -0.1) is 0 Å². The first-order valence-corrected chi connectivity index (χ1v) is 4.85. The molecular formula is C11H10F4N2. The smallest absolute Gasteiger partial charge is 0.380 e. The number of alkyl halides is 3. The number of hydrogen-bond donors (Lipinski definition) is 1. The molecule has 92 valence electrons. The second-order valence-corrected chi connectivity index (χ2v) is 3.67. The van der Waals surface area contributed by atoms with Gasteiger partial charge in [0.1, 0.15) is 5.82 Å². The molecule has 1 unspecified atom stereocenters. The van der Waals surface area contributed by atoms with E-state index in [1.165, 1.54) is 19.1 Å². The van der Waals surface area contributed by atoms with Crippen molar-refractivity contribution >= 4 is 5.69 Å². The Bertz CT molecular complexity index is 434. The summed E-state index contributed by atoms with van der Waals surface area (Å²) in [5, 5.41) is 10.9. The van der Waals surface area contributed by atoms with Crippen LogP contribution in [0.4, 0.5) is 23.2 Å². The highest BCUT2D eigenvalue weighted by Crippen LogP contribution is 2.24. The van der Waals surface area contributed by atoms with Crippen molar-refractivity contribution in [2.45, 2.75) is 25.6 Å². The summed E-state index contributed by atoms with van der Waals surface area (Å²) in [6.07, 6.45) is -5.35. The molecule has 1 rings (SSSR count). The van der Waals surface area contributed by atoms with Gasteiger partial charge in [-0.3, -0.25) is 0 Å². The molecule has 2 nitrogen and oxygen atoms in total. The van der Waals surface area contributed by atoms with Crippen LogP contribution in [0.25, 0.3) is 0 Å². The van der Waals surface area contributed by atoms with Gasteiger partial charge < -0.3 is 5.32 Å². The first-order chi connectivity index (χ1) is 7.81. The van der Waals surface area contributed by atoms with E-state index in [1.807, 2.05) is 0 Å². The van der Waals surface area contributed by atoms with Crippen molar-refractivity contribution in [2.24, 2.45) is 0 Å². The van der Waals surface area contributed by atoms with Crippen molar-refractivity contribution in [1.82, 2.24) is 0 Å². The zero-order valence-corrected chi connectivity index (χ0v) is 8.98. The number of nitrogens with zero attached hydrogens (tertiary/aromatic N) is 1. The average molecular weight is 246 g/mol. The molecular weight excluding hydrogens is 236 g/mol. The minimum atomic E-state index is -4.30. The van der Waals surface area contributed by atoms with Crippen LogP contribution in [-0.2, 0) is 0 Å². The van der Waals surface area contributed by atoms with Gasteiger partial charge >= 0.3 is 6.18 Å². The Morgan fingerprint density at radius 2 is 2.06 bits per heavy atom. The predicted octanol–water partition coefficient (Wildman–Crippen LogP) is 3.45. The average Bonchev–Trinajstić information content (AvgIpc) is 2.18. The van der Waals surface area contributed by atoms with E-state index in [9.17, 15) is 17.6 Å². The van der Waals surface area contributed by atoms with Crippen LogP contribution < -0.4 is 5.32 Å². The summed E-state index contributed by atoms with van der Waals surface area (Å²) in [6, 6.07) is 4.37. The van der Waals surface area contributed by atoms with Gasteiger partial charge in [-0.05, 0) is 25.1 Å². The highest BCUT2D eigenvalue weighted by molar-refractivity contribution is 5.49. The van der Waals surface area contributed by atoms with E-state index in [-0.39, 0.29) is 11.3 Å². The number of benzene rings is 1. The number of hydrogen-bond acceptors (Lipinski definition) is 2. The molecule has 0 saturated heterocycles. The van der Waals surface area contributed by atoms with Crippen molar-refractivity contribution < 1.29 is 17.6 Å². The van der Waals surface area contributed by atoms with E-state index < -0.39 is 24.5 Å². The fraction of sp³-hybridized carbons (Fsp3) is 0.364. The second kappa shape index (κ2) is 5.04. The summed E-state index contributed by atoms with van der Waals surface area (Å²) in [5.74, 6) is -0.738. The van der Waals surface area contributed by atoms with Gasteiger partial charge in [0.25, 0.3) is 0 Å². The predicted molar refractivity (Wildman–Crippen MR) is 54.9 cm³/mol. The molecule has 0 amide bonds. The minimum Gasteiger partial charge on any atom is -0.380 e. The van der Waals surface area contributed by atoms with Gasteiger partial charge in [0.2, 0.25) is 0 Å². The Labute approximate surface area is 95.9 Å². The van der Waals surface area contributed by atoms with E-state index in [2.05, 4.69) is 5.32 Å². The van der Waals surface area contributed by atoms with E-state index >= 15 is 0 Å². The summed E-state index contributed by atoms with van der Waals surface area (Å²) in [4.78, 5) is 0. The monoisotopic (exact) mass is 246 g/mol. The number of nitrogens with one attached hydrogen (secondary N) is 1. The lowest BCUT2D eigenvalue weighted by molar-refractivity contribution is -0.136. The molecule has 0 radical (unpaired) electrons. The van der Waals surface area contributed by atoms with Crippen LogP contribution >= 0.6 is 0 Å². The first-order valence-electron chi connectivity index (χ1n) is 4.85. The molecule has 0 saturated carbocycles. The van der Waals surface area contributed by atoms with Crippen molar-refractivity contribution in [3.8, 4) is 6.07 Å². The molecule has 1 atom stereocenters. The Morgan fingerprint density at radius 3 is 2.53 bits per heavy atom. The zero-order valence-electron chi connectivity index (χ0n) is 8.98. The molecule has 0 fully saturated rings. The molecule has 0 heterocycles. The molecule has 0 aliphatic heterocycles. The maximum atomic E-state index is 13.3. The van der Waals surface area contributed by atoms with Crippen LogP contribution in [0.2, 0.25) is 0 Å². The van der Waals surface area contributed by atoms with Gasteiger partial charge in [0, 0.05) is 6.04 Å². The molecule has 0 spiro atoms. The fourth-order valence-electron chi connectivity index (χ4n) is 1.37. The van der Waals surface area contributed by atoms with Crippen LogP contribution in [-0.4, -0.2) is 12.2 Å². The summed E-state index contributed by atoms with van der Waals surface area (Å²) in [5.41, 5.74) is 0.0808. The fourth-order valence-corrected chi connectivity index (χ4v) is 1.37. The SMILES string of the molecule is CC(CC(F)(F)F)Nc1ccc(C#N)cc1F. The second-order valence-electron chi connectivity index (χ2n) is 3.67. The number of rotatable bonds is 3. The third-order valence-corrected chi connectivity index (χ3v) is 2.04. The molecule has 1 N–H and O–H groups in total. The molecule has 0 aliphatic carbocycles. The zero-order chi connectivity index (χ0) is 13.1. The van der Waals surface area contributed by atoms with Crippen LogP contribution in [0.3, 0.4) is 0 Å². The molecule has 1 aromatic rings. The van der Waals surface area contributed by atoms with Crippen LogP contribution in [0.15, 0.2) is 18.2 Å². The highest BCUT2D eigenvalue weighted by atomic mass is 19.4. The Hall–Kier alpha value is -1.77. The lowest BCUT2D eigenvalue weighted by Gasteiger charge is -2.17. The molecule has 1 aromatic carbocycles. The first kappa shape index (κ1) is 13.3. The van der Waals surface area contributed by atoms with Crippen LogP contribution in [0.1, 0.15) is 18.9 Å². The van der Waals surface area contributed by atoms with Crippen molar-refractivity contribution in [1.29, 1.82) is 5.26 Å². The Morgan fingerprint density at radius 1 is 1.41 bits per heavy atom. The Balaban J connectivity index is 2.73. The van der Waals surface area contributed by atoms with Gasteiger partial charge in [0.15, 0.2) is 0 Å². The maximum absolute atomic E-state index is 13.3. The van der Waals surface area contributed by atoms with E-state index in [0.717, 1.165) is 6.07 Å². The van der Waals surface area contributed by atoms with E-state index in [0.29, 0.717) is 0 Å². The molecule has 0 bridgehead atoms. The molecule has 0 aromatic heterocycles. The molecule has 17 heavy (non-hydrogen) atoms. The number of nitriles is 1. The van der Waals surface area contributed by atoms with Crippen LogP contribution in [0.5, 0.6) is 0 Å². The van der Waals surface area contributed by atoms with Crippen LogP contribution in [0, 0.1) is 17.1 Å². The number of halogens is 4. The summed E-state index contributed by atoms with van der Waals surface area (Å²) in [7, 11) is 0. The highest BCUT2D eigenvalue weighted by Gasteiger charge is 2.30. The maximum Gasteiger partial charge on any atom is 0.391 e. The van der Waals surface area contributed by atoms with Crippen molar-refractivity contribution in [3.05, 3.63) is 29.6 Å². The van der Waals surface area contributed by atoms with E-state index in [1.54, 1.807) is 6.07 Å². The third kappa shape index (κ3) is 4.31. The van der Waals surface area contributed by atoms with Crippen molar-refractivity contribution in [3.63, 3.8) is 0 Å². The molecule has 0 aliphatic rings. The van der Waals surface area contributed by atoms with Gasteiger partial charge in [-0.1, -0.05) is 0 Å². The summed E-state index contributed by atoms with van der Waals surface area (Å²) >= 11 is 0. The normalized spacial score (nSPS) is 12.9. The van der Waals surface area contributed by atoms with Crippen molar-refractivity contribution in [2.75, 3.05) is 5.32 Å². The third-order valence-electron chi connectivity index (χ3n) is 2.04. The molecule has 6 heteroatoms. The largest absolute Gasteiger partial charge is 0.391 e. The van der Waals surface area contributed by atoms with Gasteiger partial charge in [-0.25, -0.2) is 4.39 Å².